The number of hydrogen-bond acceptors (Lipinski definition) is 7. The van der Waals surface area contributed by atoms with Crippen molar-refractivity contribution < 1.29 is 9.53 Å². The normalized spacial score (nSPS) is 17.4. The van der Waals surface area contributed by atoms with Gasteiger partial charge in [0, 0.05) is 25.2 Å². The summed E-state index contributed by atoms with van der Waals surface area (Å²) in [5, 5.41) is 9.78. The van der Waals surface area contributed by atoms with Crippen molar-refractivity contribution in [3.8, 4) is 6.07 Å². The lowest BCUT2D eigenvalue weighted by Crippen LogP contribution is -2.41. The Morgan fingerprint density at radius 3 is 2.49 bits per heavy atom. The predicted molar refractivity (Wildman–Crippen MR) is 143 cm³/mol. The van der Waals surface area contributed by atoms with Crippen LogP contribution in [0.5, 0.6) is 0 Å². The fraction of sp³-hybridized carbons (Fsp3) is 0.385. The number of anilines is 1. The van der Waals surface area contributed by atoms with E-state index in [4.69, 9.17) is 17.0 Å². The molecule has 0 aliphatic carbocycles. The average molecular weight is 509 g/mol. The quantitative estimate of drug-likeness (QED) is 0.431. The molecule has 35 heavy (non-hydrogen) atoms. The number of pyridine rings is 1. The molecule has 0 unspecified atom stereocenters. The second kappa shape index (κ2) is 10.8. The van der Waals surface area contributed by atoms with Crippen molar-refractivity contribution in [3.05, 3.63) is 67.3 Å². The summed E-state index contributed by atoms with van der Waals surface area (Å²) in [6.07, 6.45) is 2.55. The van der Waals surface area contributed by atoms with Crippen LogP contribution in [0, 0.1) is 25.2 Å². The number of benzene rings is 1. The smallest absolute Gasteiger partial charge is 0.270 e. The minimum Gasteiger partial charge on any atom is -0.378 e. The molecule has 2 aliphatic rings. The Kier molecular flexibility index (Phi) is 7.75. The van der Waals surface area contributed by atoms with E-state index in [2.05, 4.69) is 11.0 Å². The van der Waals surface area contributed by atoms with Crippen molar-refractivity contribution in [2.75, 3.05) is 31.2 Å². The standard InChI is InChI=1S/C26H28N4O3S2/c1-4-9-29-23(28-10-12-33-13-11-28)20(18(3)21(15-27)24(29)31)14-22-25(32)30(26(34)35-22)16-19-7-5-17(2)6-8-19/h5-8,14H,4,9-13,16H2,1-3H3/b22-14-. The highest BCUT2D eigenvalue weighted by Gasteiger charge is 2.33. The first-order chi connectivity index (χ1) is 16.8. The van der Waals surface area contributed by atoms with Crippen molar-refractivity contribution >= 4 is 46.1 Å². The summed E-state index contributed by atoms with van der Waals surface area (Å²) in [7, 11) is 0. The summed E-state index contributed by atoms with van der Waals surface area (Å²) in [5.74, 6) is 0.570. The molecule has 1 aromatic carbocycles. The van der Waals surface area contributed by atoms with Crippen LogP contribution in [0.3, 0.4) is 0 Å². The number of amides is 1. The van der Waals surface area contributed by atoms with E-state index in [9.17, 15) is 14.9 Å². The highest BCUT2D eigenvalue weighted by atomic mass is 32.2. The minimum atomic E-state index is -0.294. The highest BCUT2D eigenvalue weighted by Crippen LogP contribution is 2.36. The molecule has 2 aromatic rings. The second-order valence-corrected chi connectivity index (χ2v) is 10.3. The molecule has 0 saturated carbocycles. The Bertz CT molecular complexity index is 1290. The molecule has 2 saturated heterocycles. The number of thioether (sulfide) groups is 1. The Balaban J connectivity index is 1.80. The molecule has 182 valence electrons. The van der Waals surface area contributed by atoms with Gasteiger partial charge in [0.05, 0.1) is 24.7 Å². The number of nitriles is 1. The number of morpholine rings is 1. The van der Waals surface area contributed by atoms with E-state index in [-0.39, 0.29) is 17.0 Å². The molecule has 3 heterocycles. The van der Waals surface area contributed by atoms with Crippen LogP contribution in [0.2, 0.25) is 0 Å². The maximum absolute atomic E-state index is 13.4. The molecular weight excluding hydrogens is 480 g/mol. The summed E-state index contributed by atoms with van der Waals surface area (Å²) in [5.41, 5.74) is 3.26. The van der Waals surface area contributed by atoms with Crippen LogP contribution in [0.4, 0.5) is 5.82 Å². The van der Waals surface area contributed by atoms with Crippen molar-refractivity contribution in [2.45, 2.75) is 40.3 Å². The van der Waals surface area contributed by atoms with Crippen LogP contribution < -0.4 is 10.5 Å². The van der Waals surface area contributed by atoms with Gasteiger partial charge in [0.15, 0.2) is 0 Å². The topological polar surface area (TPSA) is 78.6 Å². The average Bonchev–Trinajstić information content (AvgIpc) is 3.11. The first-order valence-electron chi connectivity index (χ1n) is 11.7. The van der Waals surface area contributed by atoms with Gasteiger partial charge in [-0.1, -0.05) is 60.7 Å². The molecule has 1 aromatic heterocycles. The van der Waals surface area contributed by atoms with Crippen LogP contribution in [-0.2, 0) is 22.6 Å². The number of thiocarbonyl (C=S) groups is 1. The fourth-order valence-corrected chi connectivity index (χ4v) is 5.57. The Morgan fingerprint density at radius 1 is 1.17 bits per heavy atom. The van der Waals surface area contributed by atoms with Crippen LogP contribution in [0.15, 0.2) is 34.0 Å². The van der Waals surface area contributed by atoms with E-state index in [0.29, 0.717) is 59.7 Å². The number of aromatic nitrogens is 1. The molecule has 0 atom stereocenters. The second-order valence-electron chi connectivity index (χ2n) is 8.66. The zero-order valence-electron chi connectivity index (χ0n) is 20.2. The SMILES string of the molecule is CCCn1c(N2CCOCC2)c(/C=C2\SC(=S)N(Cc3ccc(C)cc3)C2=O)c(C)c(C#N)c1=O. The number of rotatable bonds is 6. The van der Waals surface area contributed by atoms with Crippen LogP contribution in [-0.4, -0.2) is 46.0 Å². The van der Waals surface area contributed by atoms with Crippen LogP contribution in [0.25, 0.3) is 6.08 Å². The number of hydrogen-bond donors (Lipinski definition) is 0. The maximum Gasteiger partial charge on any atom is 0.270 e. The van der Waals surface area contributed by atoms with Gasteiger partial charge in [0.25, 0.3) is 11.5 Å². The van der Waals surface area contributed by atoms with Gasteiger partial charge in [-0.05, 0) is 37.5 Å². The molecule has 0 bridgehead atoms. The van der Waals surface area contributed by atoms with Gasteiger partial charge in [-0.25, -0.2) is 0 Å². The van der Waals surface area contributed by atoms with Crippen LogP contribution >= 0.6 is 24.0 Å². The molecule has 4 rings (SSSR count). The predicted octanol–water partition coefficient (Wildman–Crippen LogP) is 3.98. The third-order valence-electron chi connectivity index (χ3n) is 6.21. The monoisotopic (exact) mass is 508 g/mol. The molecule has 0 N–H and O–H groups in total. The first-order valence-corrected chi connectivity index (χ1v) is 12.9. The van der Waals surface area contributed by atoms with Crippen molar-refractivity contribution in [2.24, 2.45) is 0 Å². The number of aryl methyl sites for hydroxylation is 1. The van der Waals surface area contributed by atoms with E-state index in [1.165, 1.54) is 11.8 Å². The van der Waals surface area contributed by atoms with Gasteiger partial charge in [0.1, 0.15) is 21.8 Å². The largest absolute Gasteiger partial charge is 0.378 e. The van der Waals surface area contributed by atoms with E-state index < -0.39 is 0 Å². The molecule has 1 amide bonds. The third kappa shape index (κ3) is 5.06. The van der Waals surface area contributed by atoms with Gasteiger partial charge in [-0.2, -0.15) is 5.26 Å². The Morgan fingerprint density at radius 2 is 1.86 bits per heavy atom. The summed E-state index contributed by atoms with van der Waals surface area (Å²) in [6, 6.07) is 10.1. The number of carbonyl (C=O) groups is 1. The molecule has 0 spiro atoms. The van der Waals surface area contributed by atoms with Crippen molar-refractivity contribution in [3.63, 3.8) is 0 Å². The Hall–Kier alpha value is -2.93. The number of nitrogens with zero attached hydrogens (tertiary/aromatic N) is 4. The maximum atomic E-state index is 13.4. The fourth-order valence-electron chi connectivity index (χ4n) is 4.33. The molecule has 2 fully saturated rings. The summed E-state index contributed by atoms with van der Waals surface area (Å²) < 4.78 is 7.70. The lowest BCUT2D eigenvalue weighted by atomic mass is 10.0. The van der Waals surface area contributed by atoms with Gasteiger partial charge < -0.3 is 9.64 Å². The van der Waals surface area contributed by atoms with Crippen LogP contribution in [0.1, 0.15) is 41.2 Å². The number of ether oxygens (including phenoxy) is 1. The molecule has 2 aliphatic heterocycles. The van der Waals surface area contributed by atoms with E-state index in [0.717, 1.165) is 23.4 Å². The highest BCUT2D eigenvalue weighted by molar-refractivity contribution is 8.26. The molecular formula is C26H28N4O3S2. The third-order valence-corrected chi connectivity index (χ3v) is 7.59. The van der Waals surface area contributed by atoms with E-state index in [1.54, 1.807) is 22.5 Å². The Labute approximate surface area is 215 Å². The van der Waals surface area contributed by atoms with Crippen molar-refractivity contribution in [1.29, 1.82) is 5.26 Å². The summed E-state index contributed by atoms with van der Waals surface area (Å²) in [6.45, 7) is 9.04. The zero-order chi connectivity index (χ0) is 25.1. The van der Waals surface area contributed by atoms with Gasteiger partial charge in [-0.15, -0.1) is 0 Å². The zero-order valence-corrected chi connectivity index (χ0v) is 21.8. The number of carbonyl (C=O) groups excluding carboxylic acids is 1. The lowest BCUT2D eigenvalue weighted by Gasteiger charge is -2.33. The summed E-state index contributed by atoms with van der Waals surface area (Å²) in [4.78, 5) is 30.8. The molecule has 0 radical (unpaired) electrons. The minimum absolute atomic E-state index is 0.108. The van der Waals surface area contributed by atoms with E-state index >= 15 is 0 Å². The van der Waals surface area contributed by atoms with Crippen molar-refractivity contribution in [1.82, 2.24) is 9.47 Å². The van der Waals surface area contributed by atoms with Gasteiger partial charge in [0.2, 0.25) is 0 Å². The summed E-state index contributed by atoms with van der Waals surface area (Å²) >= 11 is 6.81. The molecule has 7 nitrogen and oxygen atoms in total. The lowest BCUT2D eigenvalue weighted by molar-refractivity contribution is -0.122. The van der Waals surface area contributed by atoms with Gasteiger partial charge >= 0.3 is 0 Å². The van der Waals surface area contributed by atoms with E-state index in [1.807, 2.05) is 38.1 Å². The van der Waals surface area contributed by atoms with Gasteiger partial charge in [-0.3, -0.25) is 19.1 Å². The first kappa shape index (κ1) is 25.2. The molecule has 9 heteroatoms.